The van der Waals surface area contributed by atoms with E-state index in [1.54, 1.807) is 0 Å². The predicted octanol–water partition coefficient (Wildman–Crippen LogP) is 9.02. The fourth-order valence-electron chi connectivity index (χ4n) is 3.80. The molecule has 5 heterocycles. The van der Waals surface area contributed by atoms with Gasteiger partial charge in [0.25, 0.3) is 0 Å². The molecule has 0 aliphatic carbocycles. The summed E-state index contributed by atoms with van der Waals surface area (Å²) in [5.74, 6) is 0. The van der Waals surface area contributed by atoms with Crippen LogP contribution in [0.2, 0.25) is 0 Å². The Hall–Kier alpha value is -1.79. The molecule has 146 valence electrons. The van der Waals surface area contributed by atoms with Crippen LogP contribution in [0.1, 0.15) is 25.1 Å². The van der Waals surface area contributed by atoms with E-state index in [1.807, 2.05) is 51.5 Å². The van der Waals surface area contributed by atoms with E-state index in [2.05, 4.69) is 69.9 Å². The zero-order valence-corrected chi connectivity index (χ0v) is 20.3. The summed E-state index contributed by atoms with van der Waals surface area (Å²) in [5.41, 5.74) is 6.47. The third-order valence-electron chi connectivity index (χ3n) is 5.12. The number of pyridine rings is 1. The van der Waals surface area contributed by atoms with Crippen molar-refractivity contribution < 1.29 is 0 Å². The number of rotatable bonds is 3. The molecule has 29 heavy (non-hydrogen) atoms. The quantitative estimate of drug-likeness (QED) is 0.267. The monoisotopic (exact) mass is 451 g/mol. The molecule has 0 aromatic carbocycles. The Morgan fingerprint density at radius 2 is 1.41 bits per heavy atom. The van der Waals surface area contributed by atoms with E-state index in [1.165, 1.54) is 60.9 Å². The van der Waals surface area contributed by atoms with Crippen LogP contribution in [0.5, 0.6) is 0 Å². The normalized spacial score (nSPS) is 11.6. The SMILES string of the molecule is Cc1ccc(-c2cc3sc(-c4cc(C)sc4C)c(-c4cc(C)sc4C)c3s2)nc1. The first-order chi connectivity index (χ1) is 13.9. The average molecular weight is 452 g/mol. The van der Waals surface area contributed by atoms with Gasteiger partial charge in [0, 0.05) is 46.4 Å². The molecule has 0 radical (unpaired) electrons. The second-order valence-electron chi connectivity index (χ2n) is 7.48. The second-order valence-corrected chi connectivity index (χ2v) is 12.5. The van der Waals surface area contributed by atoms with Crippen LogP contribution in [-0.4, -0.2) is 4.98 Å². The lowest BCUT2D eigenvalue weighted by atomic mass is 10.0. The van der Waals surface area contributed by atoms with Gasteiger partial charge < -0.3 is 0 Å². The molecule has 0 unspecified atom stereocenters. The number of aryl methyl sites for hydroxylation is 5. The molecule has 5 aromatic rings. The van der Waals surface area contributed by atoms with Gasteiger partial charge in [-0.05, 0) is 70.0 Å². The molecule has 5 heteroatoms. The lowest BCUT2D eigenvalue weighted by Gasteiger charge is -2.05. The molecule has 1 nitrogen and oxygen atoms in total. The molecule has 0 bridgehead atoms. The molecular weight excluding hydrogens is 431 g/mol. The lowest BCUT2D eigenvalue weighted by Crippen LogP contribution is -1.81. The van der Waals surface area contributed by atoms with Gasteiger partial charge in [0.2, 0.25) is 0 Å². The van der Waals surface area contributed by atoms with E-state index < -0.39 is 0 Å². The molecule has 0 aliphatic heterocycles. The van der Waals surface area contributed by atoms with E-state index in [0.717, 1.165) is 5.69 Å². The van der Waals surface area contributed by atoms with Crippen LogP contribution in [0.15, 0.2) is 36.5 Å². The predicted molar refractivity (Wildman–Crippen MR) is 133 cm³/mol. The number of hydrogen-bond acceptors (Lipinski definition) is 5. The molecule has 5 rings (SSSR count). The maximum Gasteiger partial charge on any atom is 0.0802 e. The van der Waals surface area contributed by atoms with Gasteiger partial charge in [-0.1, -0.05) is 6.07 Å². The minimum atomic E-state index is 1.07. The van der Waals surface area contributed by atoms with Gasteiger partial charge in [0.1, 0.15) is 0 Å². The summed E-state index contributed by atoms with van der Waals surface area (Å²) >= 11 is 7.60. The standard InChI is InChI=1S/C24H21NS4/c1-12-6-7-19(25-11-12)20-10-21-24(28-20)22(17-8-13(2)26-15(17)4)23(29-21)18-9-14(3)27-16(18)5/h6-11H,1-5H3. The van der Waals surface area contributed by atoms with Gasteiger partial charge in [-0.15, -0.1) is 45.3 Å². The minimum Gasteiger partial charge on any atom is -0.255 e. The fraction of sp³-hybridized carbons (Fsp3) is 0.208. The first kappa shape index (κ1) is 19.2. The summed E-state index contributed by atoms with van der Waals surface area (Å²) in [6.07, 6.45) is 1.96. The third-order valence-corrected chi connectivity index (χ3v) is 9.53. The highest BCUT2D eigenvalue weighted by Crippen LogP contribution is 2.52. The number of nitrogens with zero attached hydrogens (tertiary/aromatic N) is 1. The van der Waals surface area contributed by atoms with Gasteiger partial charge in [0.05, 0.1) is 15.3 Å². The summed E-state index contributed by atoms with van der Waals surface area (Å²) in [7, 11) is 0. The molecule has 5 aromatic heterocycles. The Morgan fingerprint density at radius 3 is 2.00 bits per heavy atom. The molecule has 0 amide bonds. The van der Waals surface area contributed by atoms with Crippen molar-refractivity contribution in [3.05, 3.63) is 61.6 Å². The molecule has 0 atom stereocenters. The van der Waals surface area contributed by atoms with E-state index >= 15 is 0 Å². The molecule has 0 saturated heterocycles. The summed E-state index contributed by atoms with van der Waals surface area (Å²) in [6, 6.07) is 11.3. The van der Waals surface area contributed by atoms with Crippen molar-refractivity contribution in [2.45, 2.75) is 34.6 Å². The third kappa shape index (κ3) is 3.30. The van der Waals surface area contributed by atoms with Crippen molar-refractivity contribution in [1.82, 2.24) is 4.98 Å². The van der Waals surface area contributed by atoms with Crippen molar-refractivity contribution in [1.29, 1.82) is 0 Å². The zero-order valence-electron chi connectivity index (χ0n) is 17.0. The Morgan fingerprint density at radius 1 is 0.724 bits per heavy atom. The van der Waals surface area contributed by atoms with Gasteiger partial charge in [-0.25, -0.2) is 0 Å². The Bertz CT molecular complexity index is 1340. The molecular formula is C24H21NS4. The van der Waals surface area contributed by atoms with Crippen LogP contribution in [0.3, 0.4) is 0 Å². The summed E-state index contributed by atoms with van der Waals surface area (Å²) in [5, 5.41) is 0. The first-order valence-corrected chi connectivity index (χ1v) is 12.8. The van der Waals surface area contributed by atoms with Crippen molar-refractivity contribution >= 4 is 54.7 Å². The van der Waals surface area contributed by atoms with Crippen molar-refractivity contribution in [3.63, 3.8) is 0 Å². The Balaban J connectivity index is 1.78. The number of aromatic nitrogens is 1. The zero-order chi connectivity index (χ0) is 20.3. The van der Waals surface area contributed by atoms with E-state index in [-0.39, 0.29) is 0 Å². The van der Waals surface area contributed by atoms with Crippen LogP contribution >= 0.6 is 45.3 Å². The molecule has 0 saturated carbocycles. The van der Waals surface area contributed by atoms with E-state index in [0.29, 0.717) is 0 Å². The molecule has 0 N–H and O–H groups in total. The largest absolute Gasteiger partial charge is 0.255 e. The van der Waals surface area contributed by atoms with Gasteiger partial charge in [-0.2, -0.15) is 0 Å². The number of fused-ring (bicyclic) bond motifs is 1. The second kappa shape index (κ2) is 7.17. The fourth-order valence-corrected chi connectivity index (χ4v) is 8.44. The maximum absolute atomic E-state index is 4.66. The highest BCUT2D eigenvalue weighted by Gasteiger charge is 2.23. The van der Waals surface area contributed by atoms with Gasteiger partial charge in [-0.3, -0.25) is 4.98 Å². The van der Waals surface area contributed by atoms with Crippen molar-refractivity contribution in [3.8, 4) is 32.1 Å². The smallest absolute Gasteiger partial charge is 0.0802 e. The number of thiophene rings is 4. The van der Waals surface area contributed by atoms with Crippen LogP contribution in [0, 0.1) is 34.6 Å². The molecule has 0 aliphatic rings. The van der Waals surface area contributed by atoms with Crippen molar-refractivity contribution in [2.24, 2.45) is 0 Å². The Kier molecular flexibility index (Phi) is 4.74. The van der Waals surface area contributed by atoms with Gasteiger partial charge in [0.15, 0.2) is 0 Å². The molecule has 0 fully saturated rings. The number of hydrogen-bond donors (Lipinski definition) is 0. The highest BCUT2D eigenvalue weighted by molar-refractivity contribution is 7.32. The van der Waals surface area contributed by atoms with Gasteiger partial charge >= 0.3 is 0 Å². The summed E-state index contributed by atoms with van der Waals surface area (Å²) in [4.78, 5) is 12.9. The van der Waals surface area contributed by atoms with Crippen LogP contribution in [0.4, 0.5) is 0 Å². The first-order valence-electron chi connectivity index (χ1n) is 9.55. The average Bonchev–Trinajstić information content (AvgIpc) is 3.38. The topological polar surface area (TPSA) is 12.9 Å². The van der Waals surface area contributed by atoms with Crippen LogP contribution < -0.4 is 0 Å². The van der Waals surface area contributed by atoms with Crippen LogP contribution in [0.25, 0.3) is 41.5 Å². The van der Waals surface area contributed by atoms with Crippen molar-refractivity contribution in [2.75, 3.05) is 0 Å². The maximum atomic E-state index is 4.66. The minimum absolute atomic E-state index is 1.07. The van der Waals surface area contributed by atoms with E-state index in [9.17, 15) is 0 Å². The highest BCUT2D eigenvalue weighted by atomic mass is 32.1. The summed E-state index contributed by atoms with van der Waals surface area (Å²) in [6.45, 7) is 11.0. The molecule has 0 spiro atoms. The van der Waals surface area contributed by atoms with E-state index in [4.69, 9.17) is 0 Å². The van der Waals surface area contributed by atoms with Crippen LogP contribution in [-0.2, 0) is 0 Å². The summed E-state index contributed by atoms with van der Waals surface area (Å²) < 4.78 is 2.76. The lowest BCUT2D eigenvalue weighted by molar-refractivity contribution is 1.28. The Labute approximate surface area is 187 Å².